The van der Waals surface area contributed by atoms with Crippen LogP contribution >= 0.6 is 0 Å². The fraction of sp³-hybridized carbons (Fsp3) is 0.235. The van der Waals surface area contributed by atoms with Gasteiger partial charge in [0.1, 0.15) is 12.4 Å². The molecule has 0 heterocycles. The highest BCUT2D eigenvalue weighted by atomic mass is 16.5. The second kappa shape index (κ2) is 6.19. The van der Waals surface area contributed by atoms with Gasteiger partial charge in [0.2, 0.25) is 0 Å². The number of aryl methyl sites for hydroxylation is 2. The summed E-state index contributed by atoms with van der Waals surface area (Å²) in [5.74, 6) is 0.915. The minimum absolute atomic E-state index is 0.0915. The molecule has 0 radical (unpaired) electrons. The summed E-state index contributed by atoms with van der Waals surface area (Å²) in [5.41, 5.74) is 3.15. The Morgan fingerprint density at radius 3 is 2.21 bits per heavy atom. The minimum Gasteiger partial charge on any atom is -0.485 e. The highest BCUT2D eigenvalue weighted by Gasteiger charge is 2.08. The second-order valence-corrected chi connectivity index (χ2v) is 4.71. The van der Waals surface area contributed by atoms with Crippen molar-refractivity contribution in [1.29, 1.82) is 0 Å². The Morgan fingerprint density at radius 2 is 1.58 bits per heavy atom. The summed E-state index contributed by atoms with van der Waals surface area (Å²) >= 11 is 0. The summed E-state index contributed by atoms with van der Waals surface area (Å²) < 4.78 is 5.65. The molecule has 0 atom stereocenters. The molecule has 2 heteroatoms. The van der Waals surface area contributed by atoms with Crippen LogP contribution in [0.3, 0.4) is 0 Å². The van der Waals surface area contributed by atoms with Crippen LogP contribution in [-0.4, -0.2) is 12.4 Å². The van der Waals surface area contributed by atoms with Crippen molar-refractivity contribution in [2.24, 2.45) is 0 Å². The monoisotopic (exact) mass is 254 g/mol. The molecular formula is C17H18O2. The number of para-hydroxylation sites is 1. The first-order valence-corrected chi connectivity index (χ1v) is 6.41. The van der Waals surface area contributed by atoms with E-state index in [1.54, 1.807) is 0 Å². The van der Waals surface area contributed by atoms with Gasteiger partial charge in [-0.15, -0.1) is 0 Å². The van der Waals surface area contributed by atoms with E-state index in [-0.39, 0.29) is 12.4 Å². The maximum atomic E-state index is 11.9. The van der Waals surface area contributed by atoms with Gasteiger partial charge in [0.15, 0.2) is 5.78 Å². The molecule has 2 nitrogen and oxygen atoms in total. The zero-order valence-electron chi connectivity index (χ0n) is 11.3. The molecule has 2 rings (SSSR count). The Kier molecular flexibility index (Phi) is 4.35. The second-order valence-electron chi connectivity index (χ2n) is 4.71. The Balaban J connectivity index is 1.94. The predicted octanol–water partition coefficient (Wildman–Crippen LogP) is 3.49. The molecule has 19 heavy (non-hydrogen) atoms. The standard InChI is InChI=1S/C17H18O2/c1-13-7-6-8-14(2)17(13)19-12-16(18)11-15-9-4-3-5-10-15/h3-10H,11-12H2,1-2H3. The van der Waals surface area contributed by atoms with E-state index in [1.807, 2.05) is 62.4 Å². The van der Waals surface area contributed by atoms with Crippen molar-refractivity contribution in [3.63, 3.8) is 0 Å². The van der Waals surface area contributed by atoms with E-state index in [0.717, 1.165) is 22.4 Å². The van der Waals surface area contributed by atoms with E-state index in [2.05, 4.69) is 0 Å². The van der Waals surface area contributed by atoms with Crippen molar-refractivity contribution in [3.05, 3.63) is 65.2 Å². The van der Waals surface area contributed by atoms with Crippen LogP contribution < -0.4 is 4.74 Å². The highest BCUT2D eigenvalue weighted by Crippen LogP contribution is 2.22. The van der Waals surface area contributed by atoms with Gasteiger partial charge in [-0.25, -0.2) is 0 Å². The summed E-state index contributed by atoms with van der Waals surface area (Å²) in [5, 5.41) is 0. The minimum atomic E-state index is 0.0915. The lowest BCUT2D eigenvalue weighted by Crippen LogP contribution is -2.14. The molecule has 0 aromatic heterocycles. The van der Waals surface area contributed by atoms with E-state index in [9.17, 15) is 4.79 Å². The Hall–Kier alpha value is -2.09. The van der Waals surface area contributed by atoms with Crippen molar-refractivity contribution < 1.29 is 9.53 Å². The number of rotatable bonds is 5. The van der Waals surface area contributed by atoms with Crippen LogP contribution in [-0.2, 0) is 11.2 Å². The zero-order chi connectivity index (χ0) is 13.7. The van der Waals surface area contributed by atoms with E-state index in [1.165, 1.54) is 0 Å². The van der Waals surface area contributed by atoms with E-state index in [0.29, 0.717) is 6.42 Å². The molecule has 0 saturated heterocycles. The fourth-order valence-electron chi connectivity index (χ4n) is 2.05. The van der Waals surface area contributed by atoms with Crippen molar-refractivity contribution in [2.75, 3.05) is 6.61 Å². The summed E-state index contributed by atoms with van der Waals surface area (Å²) in [6.45, 7) is 4.11. The lowest BCUT2D eigenvalue weighted by Gasteiger charge is -2.11. The van der Waals surface area contributed by atoms with Crippen LogP contribution in [0.15, 0.2) is 48.5 Å². The van der Waals surface area contributed by atoms with Crippen molar-refractivity contribution in [2.45, 2.75) is 20.3 Å². The molecule has 0 N–H and O–H groups in total. The van der Waals surface area contributed by atoms with Gasteiger partial charge in [0.25, 0.3) is 0 Å². The number of ketones is 1. The molecule has 0 aliphatic rings. The molecule has 0 amide bonds. The van der Waals surface area contributed by atoms with Gasteiger partial charge in [-0.3, -0.25) is 4.79 Å². The van der Waals surface area contributed by atoms with Crippen LogP contribution in [0.5, 0.6) is 5.75 Å². The smallest absolute Gasteiger partial charge is 0.174 e. The molecule has 0 saturated carbocycles. The molecule has 98 valence electrons. The number of hydrogen-bond donors (Lipinski definition) is 0. The van der Waals surface area contributed by atoms with Gasteiger partial charge in [-0.1, -0.05) is 48.5 Å². The van der Waals surface area contributed by atoms with Crippen LogP contribution in [0.4, 0.5) is 0 Å². The number of Topliss-reactive ketones (excluding diaryl/α,β-unsaturated/α-hetero) is 1. The Morgan fingerprint density at radius 1 is 0.947 bits per heavy atom. The zero-order valence-corrected chi connectivity index (χ0v) is 11.3. The van der Waals surface area contributed by atoms with E-state index < -0.39 is 0 Å². The summed E-state index contributed by atoms with van der Waals surface area (Å²) in [6.07, 6.45) is 0.422. The van der Waals surface area contributed by atoms with Crippen molar-refractivity contribution in [1.82, 2.24) is 0 Å². The maximum absolute atomic E-state index is 11.9. The first kappa shape index (κ1) is 13.3. The normalized spacial score (nSPS) is 10.2. The van der Waals surface area contributed by atoms with Gasteiger partial charge in [-0.05, 0) is 30.5 Å². The van der Waals surface area contributed by atoms with E-state index in [4.69, 9.17) is 4.74 Å². The third-order valence-electron chi connectivity index (χ3n) is 3.03. The quantitative estimate of drug-likeness (QED) is 0.816. The first-order valence-electron chi connectivity index (χ1n) is 6.41. The lowest BCUT2D eigenvalue weighted by molar-refractivity contribution is -0.120. The van der Waals surface area contributed by atoms with Gasteiger partial charge >= 0.3 is 0 Å². The third-order valence-corrected chi connectivity index (χ3v) is 3.03. The molecular weight excluding hydrogens is 236 g/mol. The maximum Gasteiger partial charge on any atom is 0.174 e. The first-order chi connectivity index (χ1) is 9.16. The summed E-state index contributed by atoms with van der Waals surface area (Å²) in [6, 6.07) is 15.7. The molecule has 2 aromatic carbocycles. The van der Waals surface area contributed by atoms with Gasteiger partial charge in [0, 0.05) is 6.42 Å². The van der Waals surface area contributed by atoms with Crippen LogP contribution in [0, 0.1) is 13.8 Å². The molecule has 2 aromatic rings. The van der Waals surface area contributed by atoms with Crippen LogP contribution in [0.25, 0.3) is 0 Å². The van der Waals surface area contributed by atoms with Crippen molar-refractivity contribution in [3.8, 4) is 5.75 Å². The molecule has 0 unspecified atom stereocenters. The van der Waals surface area contributed by atoms with Gasteiger partial charge in [0.05, 0.1) is 0 Å². The predicted molar refractivity (Wildman–Crippen MR) is 76.6 cm³/mol. The van der Waals surface area contributed by atoms with E-state index >= 15 is 0 Å². The van der Waals surface area contributed by atoms with Crippen LogP contribution in [0.2, 0.25) is 0 Å². The molecule has 0 spiro atoms. The van der Waals surface area contributed by atoms with Crippen LogP contribution in [0.1, 0.15) is 16.7 Å². The SMILES string of the molecule is Cc1cccc(C)c1OCC(=O)Cc1ccccc1. The number of ether oxygens (including phenoxy) is 1. The van der Waals surface area contributed by atoms with Crippen molar-refractivity contribution >= 4 is 5.78 Å². The molecule has 0 aliphatic heterocycles. The molecule has 0 aliphatic carbocycles. The lowest BCUT2D eigenvalue weighted by atomic mass is 10.1. The summed E-state index contributed by atoms with van der Waals surface area (Å²) in [4.78, 5) is 11.9. The average molecular weight is 254 g/mol. The largest absolute Gasteiger partial charge is 0.485 e. The fourth-order valence-corrected chi connectivity index (χ4v) is 2.05. The molecule has 0 fully saturated rings. The number of benzene rings is 2. The Bertz CT molecular complexity index is 538. The van der Waals surface area contributed by atoms with Gasteiger partial charge in [-0.2, -0.15) is 0 Å². The number of carbonyl (C=O) groups is 1. The summed E-state index contributed by atoms with van der Waals surface area (Å²) in [7, 11) is 0. The highest BCUT2D eigenvalue weighted by molar-refractivity contribution is 5.82. The topological polar surface area (TPSA) is 26.3 Å². The molecule has 0 bridgehead atoms. The number of hydrogen-bond acceptors (Lipinski definition) is 2. The number of carbonyl (C=O) groups excluding carboxylic acids is 1. The van der Waals surface area contributed by atoms with Gasteiger partial charge < -0.3 is 4.74 Å². The Labute approximate surface area is 114 Å². The average Bonchev–Trinajstić information content (AvgIpc) is 2.39. The third kappa shape index (κ3) is 3.68.